The average molecular weight is 281 g/mol. The molecule has 20 heavy (non-hydrogen) atoms. The molecule has 1 rings (SSSR count). The van der Waals surface area contributed by atoms with Crippen molar-refractivity contribution in [2.24, 2.45) is 0 Å². The number of nitrogens with two attached hydrogens (primary N) is 1. The second-order valence-electron chi connectivity index (χ2n) is 4.12. The molecule has 1 aromatic rings. The summed E-state index contributed by atoms with van der Waals surface area (Å²) in [5.74, 6) is -0.411. The number of ether oxygens (including phenoxy) is 1. The van der Waals surface area contributed by atoms with Crippen LogP contribution in [0.1, 0.15) is 24.2 Å². The van der Waals surface area contributed by atoms with Gasteiger partial charge in [0.25, 0.3) is 11.6 Å². The molecule has 0 aliphatic heterocycles. The topological polar surface area (TPSA) is 98.7 Å². The first-order chi connectivity index (χ1) is 9.51. The smallest absolute Gasteiger partial charge is 0.282 e. The summed E-state index contributed by atoms with van der Waals surface area (Å²) in [4.78, 5) is 24.3. The molecule has 1 amide bonds. The Morgan fingerprint density at radius 2 is 2.15 bits per heavy atom. The van der Waals surface area contributed by atoms with Gasteiger partial charge in [-0.1, -0.05) is 0 Å². The molecule has 0 saturated heterocycles. The first-order valence-corrected chi connectivity index (χ1v) is 6.42. The number of anilines is 1. The second-order valence-corrected chi connectivity index (χ2v) is 4.12. The SMILES string of the molecule is CCOCCN(CC)C(=O)c1cc(N)ccc1[N+](=O)[O-]. The molecule has 110 valence electrons. The van der Waals surface area contributed by atoms with Gasteiger partial charge in [0.2, 0.25) is 0 Å². The van der Waals surface area contributed by atoms with Gasteiger partial charge in [-0.3, -0.25) is 14.9 Å². The van der Waals surface area contributed by atoms with E-state index in [2.05, 4.69) is 0 Å². The molecular weight excluding hydrogens is 262 g/mol. The monoisotopic (exact) mass is 281 g/mol. The van der Waals surface area contributed by atoms with E-state index in [0.717, 1.165) is 0 Å². The quantitative estimate of drug-likeness (QED) is 0.355. The highest BCUT2D eigenvalue weighted by atomic mass is 16.6. The lowest BCUT2D eigenvalue weighted by Gasteiger charge is -2.20. The second kappa shape index (κ2) is 7.44. The third kappa shape index (κ3) is 3.92. The summed E-state index contributed by atoms with van der Waals surface area (Å²) in [6.07, 6.45) is 0. The number of carbonyl (C=O) groups is 1. The molecule has 0 bridgehead atoms. The number of rotatable bonds is 7. The fraction of sp³-hybridized carbons (Fsp3) is 0.462. The molecular formula is C13H19N3O4. The van der Waals surface area contributed by atoms with Crippen molar-refractivity contribution >= 4 is 17.3 Å². The fourth-order valence-corrected chi connectivity index (χ4v) is 1.78. The van der Waals surface area contributed by atoms with Crippen LogP contribution in [0.5, 0.6) is 0 Å². The molecule has 0 aromatic heterocycles. The number of nitrogen functional groups attached to an aromatic ring is 1. The number of carbonyl (C=O) groups excluding carboxylic acids is 1. The lowest BCUT2D eigenvalue weighted by Crippen LogP contribution is -2.34. The molecule has 0 spiro atoms. The summed E-state index contributed by atoms with van der Waals surface area (Å²) in [5.41, 5.74) is 5.70. The normalized spacial score (nSPS) is 10.3. The van der Waals surface area contributed by atoms with Gasteiger partial charge in [0.1, 0.15) is 5.56 Å². The van der Waals surface area contributed by atoms with Crippen molar-refractivity contribution in [3.63, 3.8) is 0 Å². The molecule has 1 aromatic carbocycles. The van der Waals surface area contributed by atoms with Gasteiger partial charge in [0.05, 0.1) is 11.5 Å². The summed E-state index contributed by atoms with van der Waals surface area (Å²) >= 11 is 0. The van der Waals surface area contributed by atoms with Crippen molar-refractivity contribution in [3.05, 3.63) is 33.9 Å². The molecule has 0 heterocycles. The van der Waals surface area contributed by atoms with Crippen LogP contribution in [0.4, 0.5) is 11.4 Å². The molecule has 0 fully saturated rings. The number of nitro benzene ring substituents is 1. The molecule has 0 aliphatic rings. The van der Waals surface area contributed by atoms with Crippen LogP contribution in [0.25, 0.3) is 0 Å². The number of hydrogen-bond donors (Lipinski definition) is 1. The van der Waals surface area contributed by atoms with Crippen molar-refractivity contribution in [2.75, 3.05) is 32.0 Å². The van der Waals surface area contributed by atoms with Crippen molar-refractivity contribution in [2.45, 2.75) is 13.8 Å². The van der Waals surface area contributed by atoms with Gasteiger partial charge in [0.15, 0.2) is 0 Å². The molecule has 0 atom stereocenters. The Balaban J connectivity index is 2.99. The summed E-state index contributed by atoms with van der Waals surface area (Å²) in [5, 5.41) is 11.0. The predicted octanol–water partition coefficient (Wildman–Crippen LogP) is 1.68. The van der Waals surface area contributed by atoms with Crippen LogP contribution in [-0.4, -0.2) is 42.0 Å². The highest BCUT2D eigenvalue weighted by Gasteiger charge is 2.24. The summed E-state index contributed by atoms with van der Waals surface area (Å²) in [7, 11) is 0. The molecule has 2 N–H and O–H groups in total. The Morgan fingerprint density at radius 3 is 2.70 bits per heavy atom. The Bertz CT molecular complexity index is 491. The Hall–Kier alpha value is -2.15. The van der Waals surface area contributed by atoms with Crippen LogP contribution in [0.3, 0.4) is 0 Å². The lowest BCUT2D eigenvalue weighted by molar-refractivity contribution is -0.385. The van der Waals surface area contributed by atoms with E-state index in [1.807, 2.05) is 13.8 Å². The van der Waals surface area contributed by atoms with E-state index in [9.17, 15) is 14.9 Å². The van der Waals surface area contributed by atoms with Gasteiger partial charge in [-0.05, 0) is 26.0 Å². The van der Waals surface area contributed by atoms with Crippen LogP contribution in [0, 0.1) is 10.1 Å². The molecule has 0 aliphatic carbocycles. The zero-order valence-corrected chi connectivity index (χ0v) is 11.7. The largest absolute Gasteiger partial charge is 0.399 e. The van der Waals surface area contributed by atoms with Gasteiger partial charge in [-0.25, -0.2) is 0 Å². The third-order valence-corrected chi connectivity index (χ3v) is 2.83. The van der Waals surface area contributed by atoms with Crippen LogP contribution < -0.4 is 5.73 Å². The summed E-state index contributed by atoms with van der Waals surface area (Å²) < 4.78 is 5.20. The van der Waals surface area contributed by atoms with Gasteiger partial charge in [0, 0.05) is 31.5 Å². The highest BCUT2D eigenvalue weighted by Crippen LogP contribution is 2.22. The van der Waals surface area contributed by atoms with E-state index >= 15 is 0 Å². The van der Waals surface area contributed by atoms with Crippen molar-refractivity contribution < 1.29 is 14.5 Å². The number of nitro groups is 1. The maximum atomic E-state index is 12.4. The Labute approximate surface area is 117 Å². The number of nitrogens with zero attached hydrogens (tertiary/aromatic N) is 2. The standard InChI is InChI=1S/C13H19N3O4/c1-3-15(7-8-20-4-2)13(17)11-9-10(14)5-6-12(11)16(18)19/h5-6,9H,3-4,7-8,14H2,1-2H3. The van der Waals surface area contributed by atoms with Gasteiger partial charge < -0.3 is 15.4 Å². The van der Waals surface area contributed by atoms with Crippen molar-refractivity contribution in [3.8, 4) is 0 Å². The van der Waals surface area contributed by atoms with Crippen LogP contribution >= 0.6 is 0 Å². The molecule has 7 heteroatoms. The van der Waals surface area contributed by atoms with Gasteiger partial charge in [-0.2, -0.15) is 0 Å². The minimum absolute atomic E-state index is 0.00773. The predicted molar refractivity (Wildman–Crippen MR) is 75.6 cm³/mol. The molecule has 0 saturated carbocycles. The number of likely N-dealkylation sites (N-methyl/N-ethyl adjacent to an activating group) is 1. The molecule has 0 radical (unpaired) electrons. The van der Waals surface area contributed by atoms with E-state index in [4.69, 9.17) is 10.5 Å². The molecule has 7 nitrogen and oxygen atoms in total. The maximum absolute atomic E-state index is 12.4. The van der Waals surface area contributed by atoms with Crippen molar-refractivity contribution in [1.82, 2.24) is 4.90 Å². The van der Waals surface area contributed by atoms with E-state index in [0.29, 0.717) is 32.0 Å². The zero-order chi connectivity index (χ0) is 15.1. The minimum atomic E-state index is -0.580. The Morgan fingerprint density at radius 1 is 1.45 bits per heavy atom. The fourth-order valence-electron chi connectivity index (χ4n) is 1.78. The first kappa shape index (κ1) is 15.9. The van der Waals surface area contributed by atoms with Crippen LogP contribution in [-0.2, 0) is 4.74 Å². The van der Waals surface area contributed by atoms with E-state index in [1.54, 1.807) is 0 Å². The van der Waals surface area contributed by atoms with E-state index in [-0.39, 0.29) is 11.3 Å². The number of hydrogen-bond acceptors (Lipinski definition) is 5. The number of amides is 1. The maximum Gasteiger partial charge on any atom is 0.282 e. The summed E-state index contributed by atoms with van der Waals surface area (Å²) in [6, 6.07) is 3.99. The Kier molecular flexibility index (Phi) is 5.92. The first-order valence-electron chi connectivity index (χ1n) is 6.42. The summed E-state index contributed by atoms with van der Waals surface area (Å²) in [6.45, 7) is 5.45. The van der Waals surface area contributed by atoms with Crippen LogP contribution in [0.15, 0.2) is 18.2 Å². The van der Waals surface area contributed by atoms with Gasteiger partial charge >= 0.3 is 0 Å². The lowest BCUT2D eigenvalue weighted by atomic mass is 10.1. The zero-order valence-electron chi connectivity index (χ0n) is 11.7. The minimum Gasteiger partial charge on any atom is -0.399 e. The van der Waals surface area contributed by atoms with E-state index < -0.39 is 10.8 Å². The van der Waals surface area contributed by atoms with Crippen molar-refractivity contribution in [1.29, 1.82) is 0 Å². The van der Waals surface area contributed by atoms with Crippen LogP contribution in [0.2, 0.25) is 0 Å². The average Bonchev–Trinajstić information content (AvgIpc) is 2.42. The molecule has 0 unspecified atom stereocenters. The highest BCUT2D eigenvalue weighted by molar-refractivity contribution is 5.99. The van der Waals surface area contributed by atoms with E-state index in [1.165, 1.54) is 23.1 Å². The third-order valence-electron chi connectivity index (χ3n) is 2.83. The number of benzene rings is 1. The van der Waals surface area contributed by atoms with Gasteiger partial charge in [-0.15, -0.1) is 0 Å².